The summed E-state index contributed by atoms with van der Waals surface area (Å²) in [7, 11) is 0. The normalized spacial score (nSPS) is 14.7. The van der Waals surface area contributed by atoms with Gasteiger partial charge in [-0.05, 0) is 49.2 Å². The zero-order valence-electron chi connectivity index (χ0n) is 15.5. The largest absolute Gasteiger partial charge is 0.367 e. The Kier molecular flexibility index (Phi) is 4.83. The van der Waals surface area contributed by atoms with Crippen LogP contribution in [0.25, 0.3) is 28.0 Å². The lowest BCUT2D eigenvalue weighted by atomic mass is 10.1. The van der Waals surface area contributed by atoms with Crippen molar-refractivity contribution >= 4 is 48.7 Å². The van der Waals surface area contributed by atoms with Crippen LogP contribution in [-0.4, -0.2) is 25.6 Å². The first-order chi connectivity index (χ1) is 14.1. The fourth-order valence-corrected chi connectivity index (χ4v) is 5.38. The van der Waals surface area contributed by atoms with Gasteiger partial charge in [0.2, 0.25) is 0 Å². The number of rotatable bonds is 4. The van der Waals surface area contributed by atoms with E-state index in [2.05, 4.69) is 52.1 Å². The maximum absolute atomic E-state index is 13.1. The van der Waals surface area contributed by atoms with Crippen LogP contribution in [0.15, 0.2) is 56.5 Å². The number of aromatic nitrogens is 4. The summed E-state index contributed by atoms with van der Waals surface area (Å²) in [6, 6.07) is 12.2. The van der Waals surface area contributed by atoms with Gasteiger partial charge in [-0.1, -0.05) is 44.7 Å². The predicted octanol–water partition coefficient (Wildman–Crippen LogP) is 5.59. The van der Waals surface area contributed by atoms with Crippen LogP contribution >= 0.6 is 31.9 Å². The number of hydrogen-bond donors (Lipinski definition) is 3. The third-order valence-electron chi connectivity index (χ3n) is 5.40. The molecular formula is C21H19Br2N5O. The summed E-state index contributed by atoms with van der Waals surface area (Å²) < 4.78 is 3.61. The third kappa shape index (κ3) is 3.55. The van der Waals surface area contributed by atoms with Crippen molar-refractivity contribution in [2.45, 2.75) is 31.7 Å². The molecule has 0 saturated heterocycles. The SMILES string of the molecule is O=c1[nH]c(NC2CCCC2)c(-c2cc(Br)cc(Br)c2)n1-c1ccc2nc[nH]c2c1. The van der Waals surface area contributed by atoms with Gasteiger partial charge in [0, 0.05) is 20.6 Å². The fraction of sp³-hybridized carbons (Fsp3) is 0.238. The topological polar surface area (TPSA) is 78.5 Å². The van der Waals surface area contributed by atoms with E-state index in [0.717, 1.165) is 55.6 Å². The molecule has 2 heterocycles. The van der Waals surface area contributed by atoms with Gasteiger partial charge < -0.3 is 10.3 Å². The molecule has 8 heteroatoms. The summed E-state index contributed by atoms with van der Waals surface area (Å²) in [5, 5.41) is 3.58. The van der Waals surface area contributed by atoms with Crippen LogP contribution in [0.3, 0.4) is 0 Å². The van der Waals surface area contributed by atoms with Crippen molar-refractivity contribution < 1.29 is 0 Å². The zero-order valence-corrected chi connectivity index (χ0v) is 18.7. The highest BCUT2D eigenvalue weighted by molar-refractivity contribution is 9.11. The molecule has 5 rings (SSSR count). The number of imidazole rings is 2. The van der Waals surface area contributed by atoms with Gasteiger partial charge in [0.1, 0.15) is 5.82 Å². The standard InChI is InChI=1S/C21H19Br2N5O/c22-13-7-12(8-14(23)9-13)19-20(26-15-3-1-2-4-15)27-21(29)28(19)16-5-6-17-18(10-16)25-11-24-17/h5-11,15,26H,1-4H2,(H,24,25)(H,27,29). The second kappa shape index (κ2) is 7.50. The smallest absolute Gasteiger partial charge is 0.332 e. The summed E-state index contributed by atoms with van der Waals surface area (Å²) in [5.74, 6) is 0.761. The van der Waals surface area contributed by atoms with Gasteiger partial charge in [-0.15, -0.1) is 0 Å². The maximum Gasteiger partial charge on any atom is 0.332 e. The highest BCUT2D eigenvalue weighted by Crippen LogP contribution is 2.34. The average Bonchev–Trinajstić information content (AvgIpc) is 3.40. The Morgan fingerprint density at radius 3 is 2.59 bits per heavy atom. The first-order valence-corrected chi connectivity index (χ1v) is 11.2. The molecule has 3 N–H and O–H groups in total. The van der Waals surface area contributed by atoms with Gasteiger partial charge in [-0.2, -0.15) is 0 Å². The molecule has 0 atom stereocenters. The van der Waals surface area contributed by atoms with E-state index in [1.54, 1.807) is 10.9 Å². The molecule has 0 aliphatic heterocycles. The summed E-state index contributed by atoms with van der Waals surface area (Å²) in [6.07, 6.45) is 6.34. The Bertz CT molecular complexity index is 1230. The minimum absolute atomic E-state index is 0.171. The van der Waals surface area contributed by atoms with E-state index in [1.807, 2.05) is 36.4 Å². The van der Waals surface area contributed by atoms with E-state index in [1.165, 1.54) is 12.8 Å². The van der Waals surface area contributed by atoms with Gasteiger partial charge >= 0.3 is 5.69 Å². The summed E-state index contributed by atoms with van der Waals surface area (Å²) >= 11 is 7.15. The number of nitrogens with one attached hydrogen (secondary N) is 3. The summed E-state index contributed by atoms with van der Waals surface area (Å²) in [6.45, 7) is 0. The van der Waals surface area contributed by atoms with Crippen molar-refractivity contribution in [2.24, 2.45) is 0 Å². The van der Waals surface area contributed by atoms with Crippen LogP contribution in [0, 0.1) is 0 Å². The molecule has 1 aliphatic rings. The third-order valence-corrected chi connectivity index (χ3v) is 6.31. The van der Waals surface area contributed by atoms with Crippen LogP contribution in [0.1, 0.15) is 25.7 Å². The molecule has 0 unspecified atom stereocenters. The molecule has 0 bridgehead atoms. The number of halogens is 2. The molecule has 2 aromatic heterocycles. The molecule has 2 aromatic carbocycles. The fourth-order valence-electron chi connectivity index (χ4n) is 4.09. The lowest BCUT2D eigenvalue weighted by Crippen LogP contribution is -2.16. The quantitative estimate of drug-likeness (QED) is 0.331. The van der Waals surface area contributed by atoms with Gasteiger partial charge in [0.05, 0.1) is 28.7 Å². The molecule has 148 valence electrons. The Morgan fingerprint density at radius 2 is 1.83 bits per heavy atom. The van der Waals surface area contributed by atoms with Gasteiger partial charge in [0.15, 0.2) is 0 Å². The number of benzene rings is 2. The molecule has 6 nitrogen and oxygen atoms in total. The van der Waals surface area contributed by atoms with Crippen LogP contribution in [0.2, 0.25) is 0 Å². The lowest BCUT2D eigenvalue weighted by Gasteiger charge is -2.16. The monoisotopic (exact) mass is 515 g/mol. The molecular weight excluding hydrogens is 498 g/mol. The van der Waals surface area contributed by atoms with Gasteiger partial charge in [0.25, 0.3) is 0 Å². The second-order valence-corrected chi connectivity index (χ2v) is 9.21. The average molecular weight is 517 g/mol. The van der Waals surface area contributed by atoms with Crippen LogP contribution < -0.4 is 11.0 Å². The Labute approximate surface area is 184 Å². The lowest BCUT2D eigenvalue weighted by molar-refractivity contribution is 0.751. The van der Waals surface area contributed by atoms with Crippen LogP contribution in [0.4, 0.5) is 5.82 Å². The van der Waals surface area contributed by atoms with Crippen molar-refractivity contribution in [3.8, 4) is 16.9 Å². The van der Waals surface area contributed by atoms with E-state index in [0.29, 0.717) is 6.04 Å². The van der Waals surface area contributed by atoms with Crippen molar-refractivity contribution in [1.29, 1.82) is 0 Å². The predicted molar refractivity (Wildman–Crippen MR) is 123 cm³/mol. The van der Waals surface area contributed by atoms with E-state index in [9.17, 15) is 4.79 Å². The minimum atomic E-state index is -0.171. The van der Waals surface area contributed by atoms with Crippen LogP contribution in [0.5, 0.6) is 0 Å². The van der Waals surface area contributed by atoms with Crippen LogP contribution in [-0.2, 0) is 0 Å². The second-order valence-electron chi connectivity index (χ2n) is 7.38. The van der Waals surface area contributed by atoms with E-state index < -0.39 is 0 Å². The number of H-pyrrole nitrogens is 2. The van der Waals surface area contributed by atoms with Crippen molar-refractivity contribution in [2.75, 3.05) is 5.32 Å². The Hall–Kier alpha value is -2.32. The molecule has 1 aliphatic carbocycles. The minimum Gasteiger partial charge on any atom is -0.367 e. The molecule has 0 radical (unpaired) electrons. The van der Waals surface area contributed by atoms with E-state index >= 15 is 0 Å². The van der Waals surface area contributed by atoms with E-state index in [4.69, 9.17) is 0 Å². The Morgan fingerprint density at radius 1 is 1.07 bits per heavy atom. The van der Waals surface area contributed by atoms with Gasteiger partial charge in [-0.3, -0.25) is 9.55 Å². The van der Waals surface area contributed by atoms with Crippen molar-refractivity contribution in [3.05, 3.63) is 62.2 Å². The summed E-state index contributed by atoms with van der Waals surface area (Å²) in [5.41, 5.74) is 4.14. The molecule has 4 aromatic rings. The Balaban J connectivity index is 1.72. The zero-order chi connectivity index (χ0) is 20.0. The number of aromatic amines is 2. The first-order valence-electron chi connectivity index (χ1n) is 9.60. The molecule has 1 fully saturated rings. The molecule has 29 heavy (non-hydrogen) atoms. The number of hydrogen-bond acceptors (Lipinski definition) is 3. The number of fused-ring (bicyclic) bond motifs is 1. The number of anilines is 1. The van der Waals surface area contributed by atoms with E-state index in [-0.39, 0.29) is 5.69 Å². The summed E-state index contributed by atoms with van der Waals surface area (Å²) in [4.78, 5) is 23.5. The van der Waals surface area contributed by atoms with Crippen molar-refractivity contribution in [1.82, 2.24) is 19.5 Å². The molecule has 0 spiro atoms. The molecule has 1 saturated carbocycles. The number of nitrogens with zero attached hydrogens (tertiary/aromatic N) is 2. The van der Waals surface area contributed by atoms with Gasteiger partial charge in [-0.25, -0.2) is 9.78 Å². The molecule has 0 amide bonds. The maximum atomic E-state index is 13.1. The first kappa shape index (κ1) is 18.7. The highest BCUT2D eigenvalue weighted by Gasteiger charge is 2.22. The van der Waals surface area contributed by atoms with Crippen molar-refractivity contribution in [3.63, 3.8) is 0 Å². The highest BCUT2D eigenvalue weighted by atomic mass is 79.9.